The van der Waals surface area contributed by atoms with Gasteiger partial charge in [-0.2, -0.15) is 0 Å². The fourth-order valence-electron chi connectivity index (χ4n) is 3.20. The third kappa shape index (κ3) is 3.70. The normalized spacial score (nSPS) is 14.4. The Labute approximate surface area is 166 Å². The van der Waals surface area contributed by atoms with Crippen LogP contribution in [0, 0.1) is 6.92 Å². The van der Waals surface area contributed by atoms with Gasteiger partial charge in [-0.25, -0.2) is 4.98 Å². The summed E-state index contributed by atoms with van der Waals surface area (Å²) in [4.78, 5) is 23.7. The molecule has 4 rings (SSSR count). The summed E-state index contributed by atoms with van der Waals surface area (Å²) in [5.41, 5.74) is 1.99. The van der Waals surface area contributed by atoms with Crippen LogP contribution in [-0.2, 0) is 0 Å². The van der Waals surface area contributed by atoms with E-state index in [9.17, 15) is 4.79 Å². The van der Waals surface area contributed by atoms with Gasteiger partial charge in [-0.1, -0.05) is 6.07 Å². The Hall–Kier alpha value is -2.38. The van der Waals surface area contributed by atoms with Crippen molar-refractivity contribution < 1.29 is 9.53 Å². The van der Waals surface area contributed by atoms with Crippen molar-refractivity contribution >= 4 is 34.3 Å². The molecule has 0 bridgehead atoms. The van der Waals surface area contributed by atoms with Gasteiger partial charge in [0.2, 0.25) is 0 Å². The van der Waals surface area contributed by atoms with Gasteiger partial charge in [0.1, 0.15) is 15.6 Å². The van der Waals surface area contributed by atoms with Crippen molar-refractivity contribution in [3.63, 3.8) is 0 Å². The molecule has 5 nitrogen and oxygen atoms in total. The average Bonchev–Trinajstić information content (AvgIpc) is 3.37. The van der Waals surface area contributed by atoms with Crippen LogP contribution in [0.4, 0.5) is 5.69 Å². The lowest BCUT2D eigenvalue weighted by Gasteiger charge is -2.36. The fourth-order valence-corrected chi connectivity index (χ4v) is 5.04. The van der Waals surface area contributed by atoms with Crippen LogP contribution in [-0.4, -0.2) is 49.1 Å². The molecule has 3 heterocycles. The number of rotatable bonds is 4. The van der Waals surface area contributed by atoms with Crippen LogP contribution in [0.5, 0.6) is 5.75 Å². The Bertz CT molecular complexity index is 911. The standard InChI is InChI=1S/C20H21N3O2S2/c1-14-18(27-19(21-14)17-4-3-13-26-17)20(24)23-11-9-22(10-12-23)15-5-7-16(25-2)8-6-15/h3-8,13H,9-12H2,1-2H3. The zero-order chi connectivity index (χ0) is 18.8. The molecule has 0 saturated carbocycles. The predicted molar refractivity (Wildman–Crippen MR) is 111 cm³/mol. The van der Waals surface area contributed by atoms with Gasteiger partial charge in [-0.05, 0) is 42.6 Å². The van der Waals surface area contributed by atoms with Gasteiger partial charge < -0.3 is 14.5 Å². The molecule has 2 aromatic heterocycles. The zero-order valence-corrected chi connectivity index (χ0v) is 17.0. The summed E-state index contributed by atoms with van der Waals surface area (Å²) in [5.74, 6) is 0.956. The number of ether oxygens (including phenoxy) is 1. The van der Waals surface area contributed by atoms with E-state index in [0.29, 0.717) is 0 Å². The fraction of sp³-hybridized carbons (Fsp3) is 0.300. The monoisotopic (exact) mass is 399 g/mol. The van der Waals surface area contributed by atoms with Gasteiger partial charge >= 0.3 is 0 Å². The van der Waals surface area contributed by atoms with Crippen molar-refractivity contribution in [2.24, 2.45) is 0 Å². The summed E-state index contributed by atoms with van der Waals surface area (Å²) in [6.07, 6.45) is 0. The minimum atomic E-state index is 0.0992. The van der Waals surface area contributed by atoms with Crippen LogP contribution in [0.3, 0.4) is 0 Å². The van der Waals surface area contributed by atoms with Crippen LogP contribution in [0.1, 0.15) is 15.4 Å². The van der Waals surface area contributed by atoms with E-state index in [1.54, 1.807) is 18.4 Å². The Morgan fingerprint density at radius 1 is 1.11 bits per heavy atom. The predicted octanol–water partition coefficient (Wildman–Crippen LogP) is 4.15. The number of aryl methyl sites for hydroxylation is 1. The molecule has 0 aliphatic carbocycles. The summed E-state index contributed by atoms with van der Waals surface area (Å²) in [5, 5.41) is 2.97. The summed E-state index contributed by atoms with van der Waals surface area (Å²) in [6.45, 7) is 5.02. The van der Waals surface area contributed by atoms with E-state index in [1.807, 2.05) is 41.5 Å². The second kappa shape index (κ2) is 7.70. The number of benzene rings is 1. The van der Waals surface area contributed by atoms with Gasteiger partial charge in [0.15, 0.2) is 0 Å². The van der Waals surface area contributed by atoms with Gasteiger partial charge in [-0.15, -0.1) is 22.7 Å². The molecule has 0 radical (unpaired) electrons. The van der Waals surface area contributed by atoms with E-state index >= 15 is 0 Å². The Balaban J connectivity index is 1.42. The van der Waals surface area contributed by atoms with E-state index in [2.05, 4.69) is 22.0 Å². The SMILES string of the molecule is COc1ccc(N2CCN(C(=O)c3sc(-c4cccs4)nc3C)CC2)cc1. The number of thiophene rings is 1. The molecule has 1 aliphatic heterocycles. The lowest BCUT2D eigenvalue weighted by molar-refractivity contribution is 0.0750. The topological polar surface area (TPSA) is 45.7 Å². The lowest BCUT2D eigenvalue weighted by atomic mass is 10.2. The maximum absolute atomic E-state index is 13.0. The Morgan fingerprint density at radius 3 is 2.48 bits per heavy atom. The minimum absolute atomic E-state index is 0.0992. The van der Waals surface area contributed by atoms with Crippen molar-refractivity contribution in [2.75, 3.05) is 38.2 Å². The smallest absolute Gasteiger partial charge is 0.265 e. The first-order chi connectivity index (χ1) is 13.2. The number of carbonyl (C=O) groups excluding carboxylic acids is 1. The molecular weight excluding hydrogens is 378 g/mol. The number of carbonyl (C=O) groups is 1. The Morgan fingerprint density at radius 2 is 1.85 bits per heavy atom. The largest absolute Gasteiger partial charge is 0.497 e. The second-order valence-electron chi connectivity index (χ2n) is 6.39. The maximum Gasteiger partial charge on any atom is 0.265 e. The first-order valence-electron chi connectivity index (χ1n) is 8.85. The van der Waals surface area contributed by atoms with E-state index in [4.69, 9.17) is 4.74 Å². The molecule has 0 unspecified atom stereocenters. The summed E-state index contributed by atoms with van der Waals surface area (Å²) < 4.78 is 5.22. The van der Waals surface area contributed by atoms with Gasteiger partial charge in [-0.3, -0.25) is 4.79 Å². The highest BCUT2D eigenvalue weighted by molar-refractivity contribution is 7.22. The molecule has 1 aliphatic rings. The molecule has 140 valence electrons. The number of thiazole rings is 1. The highest BCUT2D eigenvalue weighted by atomic mass is 32.1. The molecule has 1 fully saturated rings. The first-order valence-corrected chi connectivity index (χ1v) is 10.5. The third-order valence-corrected chi connectivity index (χ3v) is 6.91. The number of methoxy groups -OCH3 is 1. The number of hydrogen-bond acceptors (Lipinski definition) is 6. The maximum atomic E-state index is 13.0. The van der Waals surface area contributed by atoms with Crippen LogP contribution in [0.15, 0.2) is 41.8 Å². The minimum Gasteiger partial charge on any atom is -0.497 e. The number of amides is 1. The van der Waals surface area contributed by atoms with Crippen LogP contribution in [0.25, 0.3) is 9.88 Å². The quantitative estimate of drug-likeness (QED) is 0.661. The number of nitrogens with zero attached hydrogens (tertiary/aromatic N) is 3. The summed E-state index contributed by atoms with van der Waals surface area (Å²) in [7, 11) is 1.67. The van der Waals surface area contributed by atoms with Gasteiger partial charge in [0.05, 0.1) is 17.7 Å². The molecular formula is C20H21N3O2S2. The Kier molecular flexibility index (Phi) is 5.13. The molecule has 3 aromatic rings. The third-order valence-electron chi connectivity index (χ3n) is 4.73. The molecule has 27 heavy (non-hydrogen) atoms. The lowest BCUT2D eigenvalue weighted by Crippen LogP contribution is -2.48. The van der Waals surface area contributed by atoms with Gasteiger partial charge in [0, 0.05) is 31.9 Å². The van der Waals surface area contributed by atoms with Crippen LogP contribution >= 0.6 is 22.7 Å². The van der Waals surface area contributed by atoms with Crippen molar-refractivity contribution in [3.8, 4) is 15.6 Å². The molecule has 1 aromatic carbocycles. The highest BCUT2D eigenvalue weighted by Gasteiger charge is 2.26. The summed E-state index contributed by atoms with van der Waals surface area (Å²) >= 11 is 3.15. The van der Waals surface area contributed by atoms with Crippen molar-refractivity contribution in [2.45, 2.75) is 6.92 Å². The molecule has 0 atom stereocenters. The second-order valence-corrected chi connectivity index (χ2v) is 8.33. The highest BCUT2D eigenvalue weighted by Crippen LogP contribution is 2.32. The number of piperazine rings is 1. The average molecular weight is 400 g/mol. The van der Waals surface area contributed by atoms with E-state index in [1.165, 1.54) is 11.3 Å². The van der Waals surface area contributed by atoms with Gasteiger partial charge in [0.25, 0.3) is 5.91 Å². The first kappa shape index (κ1) is 18.0. The van der Waals surface area contributed by atoms with Crippen molar-refractivity contribution in [3.05, 3.63) is 52.3 Å². The molecule has 1 amide bonds. The molecule has 0 N–H and O–H groups in total. The molecule has 7 heteroatoms. The van der Waals surface area contributed by atoms with E-state index in [-0.39, 0.29) is 5.91 Å². The zero-order valence-electron chi connectivity index (χ0n) is 15.3. The number of hydrogen-bond donors (Lipinski definition) is 0. The summed E-state index contributed by atoms with van der Waals surface area (Å²) in [6, 6.07) is 12.1. The molecule has 1 saturated heterocycles. The molecule has 0 spiro atoms. The van der Waals surface area contributed by atoms with E-state index < -0.39 is 0 Å². The van der Waals surface area contributed by atoms with Crippen molar-refractivity contribution in [1.82, 2.24) is 9.88 Å². The van der Waals surface area contributed by atoms with Crippen molar-refractivity contribution in [1.29, 1.82) is 0 Å². The number of anilines is 1. The van der Waals surface area contributed by atoms with Crippen LogP contribution in [0.2, 0.25) is 0 Å². The van der Waals surface area contributed by atoms with Crippen LogP contribution < -0.4 is 9.64 Å². The van der Waals surface area contributed by atoms with E-state index in [0.717, 1.165) is 58.1 Å². The number of aromatic nitrogens is 1.